The number of amides is 1. The zero-order valence-electron chi connectivity index (χ0n) is 22.2. The van der Waals surface area contributed by atoms with E-state index in [4.69, 9.17) is 0 Å². The summed E-state index contributed by atoms with van der Waals surface area (Å²) in [6, 6.07) is 6.43. The first kappa shape index (κ1) is 26.9. The number of rotatable bonds is 8. The number of hydrogen-bond donors (Lipinski definition) is 1. The molecule has 0 aliphatic heterocycles. The highest BCUT2D eigenvalue weighted by Crippen LogP contribution is 2.36. The fourth-order valence-corrected chi connectivity index (χ4v) is 5.83. The van der Waals surface area contributed by atoms with Crippen molar-refractivity contribution in [1.82, 2.24) is 24.4 Å². The number of aromatic nitrogens is 3. The van der Waals surface area contributed by atoms with Crippen LogP contribution in [0, 0.1) is 12.7 Å². The van der Waals surface area contributed by atoms with Gasteiger partial charge in [-0.05, 0) is 107 Å². The molecule has 1 unspecified atom stereocenters. The van der Waals surface area contributed by atoms with Gasteiger partial charge in [0.25, 0.3) is 10.0 Å². The highest BCUT2D eigenvalue weighted by atomic mass is 32.2. The van der Waals surface area contributed by atoms with Crippen LogP contribution in [-0.4, -0.2) is 48.1 Å². The van der Waals surface area contributed by atoms with Gasteiger partial charge < -0.3 is 4.90 Å². The number of pyridine rings is 1. The van der Waals surface area contributed by atoms with Crippen LogP contribution >= 0.6 is 0 Å². The molecule has 0 saturated heterocycles. The molecular weight excluding hydrogens is 493 g/mol. The van der Waals surface area contributed by atoms with Crippen molar-refractivity contribution in [1.29, 1.82) is 0 Å². The fourth-order valence-electron chi connectivity index (χ4n) is 4.88. The molecule has 10 heteroatoms. The number of nitrogens with zero attached hydrogens (tertiary/aromatic N) is 4. The third-order valence-corrected chi connectivity index (χ3v) is 8.22. The van der Waals surface area contributed by atoms with Gasteiger partial charge in [0.05, 0.1) is 12.1 Å². The van der Waals surface area contributed by atoms with Crippen molar-refractivity contribution >= 4 is 15.9 Å². The fraction of sp³-hybridized carbons (Fsp3) is 0.444. The summed E-state index contributed by atoms with van der Waals surface area (Å²) >= 11 is 0. The second-order valence-electron chi connectivity index (χ2n) is 10.2. The maximum absolute atomic E-state index is 14.9. The van der Waals surface area contributed by atoms with Crippen LogP contribution in [0.25, 0.3) is 11.1 Å². The summed E-state index contributed by atoms with van der Waals surface area (Å²) in [5.41, 5.74) is 4.88. The van der Waals surface area contributed by atoms with E-state index in [1.807, 2.05) is 52.8 Å². The third kappa shape index (κ3) is 5.45. The summed E-state index contributed by atoms with van der Waals surface area (Å²) in [7, 11) is -0.406. The molecule has 1 N–H and O–H groups in total. The van der Waals surface area contributed by atoms with Gasteiger partial charge in [0, 0.05) is 30.0 Å². The Hall–Kier alpha value is -3.11. The van der Waals surface area contributed by atoms with Crippen molar-refractivity contribution in [3.63, 3.8) is 0 Å². The van der Waals surface area contributed by atoms with Crippen LogP contribution in [0.5, 0.6) is 0 Å². The Balaban J connectivity index is 1.68. The maximum atomic E-state index is 14.9. The van der Waals surface area contributed by atoms with Gasteiger partial charge in [0.15, 0.2) is 5.03 Å². The van der Waals surface area contributed by atoms with Crippen molar-refractivity contribution in [3.05, 3.63) is 64.4 Å². The lowest BCUT2D eigenvalue weighted by Crippen LogP contribution is -2.32. The van der Waals surface area contributed by atoms with E-state index in [1.54, 1.807) is 16.9 Å². The Labute approximate surface area is 218 Å². The number of aryl methyl sites for hydroxylation is 1. The summed E-state index contributed by atoms with van der Waals surface area (Å²) in [6.07, 6.45) is 3.48. The lowest BCUT2D eigenvalue weighted by Gasteiger charge is -2.22. The molecule has 198 valence electrons. The molecule has 8 nitrogen and oxygen atoms in total. The largest absolute Gasteiger partial charge is 0.301 e. The minimum absolute atomic E-state index is 0.0646. The molecule has 0 spiro atoms. The van der Waals surface area contributed by atoms with Gasteiger partial charge in [-0.2, -0.15) is 13.5 Å². The Morgan fingerprint density at radius 3 is 2.51 bits per heavy atom. The van der Waals surface area contributed by atoms with Gasteiger partial charge in [-0.3, -0.25) is 14.5 Å². The number of fused-ring (bicyclic) bond motifs is 1. The molecule has 0 radical (unpaired) electrons. The zero-order chi connectivity index (χ0) is 27.1. The van der Waals surface area contributed by atoms with Crippen molar-refractivity contribution in [2.75, 3.05) is 14.1 Å². The number of carbonyl (C=O) groups is 1. The van der Waals surface area contributed by atoms with E-state index in [9.17, 15) is 17.6 Å². The van der Waals surface area contributed by atoms with Crippen molar-refractivity contribution in [2.24, 2.45) is 0 Å². The molecule has 37 heavy (non-hydrogen) atoms. The highest BCUT2D eigenvalue weighted by Gasteiger charge is 2.29. The van der Waals surface area contributed by atoms with E-state index in [0.29, 0.717) is 29.5 Å². The van der Waals surface area contributed by atoms with E-state index in [-0.39, 0.29) is 29.3 Å². The first-order chi connectivity index (χ1) is 17.4. The normalized spacial score (nSPS) is 14.3. The second kappa shape index (κ2) is 10.3. The average Bonchev–Trinajstić information content (AvgIpc) is 3.48. The Morgan fingerprint density at radius 2 is 1.86 bits per heavy atom. The van der Waals surface area contributed by atoms with Crippen molar-refractivity contribution < 1.29 is 17.6 Å². The third-order valence-electron chi connectivity index (χ3n) is 6.97. The summed E-state index contributed by atoms with van der Waals surface area (Å²) in [6.45, 7) is 7.65. The van der Waals surface area contributed by atoms with E-state index in [2.05, 4.69) is 14.8 Å². The van der Waals surface area contributed by atoms with Gasteiger partial charge in [-0.15, -0.1) is 0 Å². The molecule has 0 fully saturated rings. The topological polar surface area (TPSA) is 97.2 Å². The lowest BCUT2D eigenvalue weighted by atomic mass is 9.90. The van der Waals surface area contributed by atoms with Crippen LogP contribution < -0.4 is 4.72 Å². The van der Waals surface area contributed by atoms with E-state index in [0.717, 1.165) is 28.9 Å². The molecule has 1 aromatic carbocycles. The van der Waals surface area contributed by atoms with Crippen LogP contribution in [-0.2, 0) is 34.1 Å². The van der Waals surface area contributed by atoms with Gasteiger partial charge in [-0.25, -0.2) is 9.11 Å². The predicted molar refractivity (Wildman–Crippen MR) is 140 cm³/mol. The number of sulfonamides is 1. The van der Waals surface area contributed by atoms with Crippen molar-refractivity contribution in [2.45, 2.75) is 70.5 Å². The highest BCUT2D eigenvalue weighted by molar-refractivity contribution is 7.90. The minimum Gasteiger partial charge on any atom is -0.301 e. The van der Waals surface area contributed by atoms with Gasteiger partial charge in [-0.1, -0.05) is 0 Å². The summed E-state index contributed by atoms with van der Waals surface area (Å²) < 4.78 is 45.2. The maximum Gasteiger partial charge on any atom is 0.283 e. The Morgan fingerprint density at radius 1 is 1.16 bits per heavy atom. The molecule has 0 bridgehead atoms. The summed E-state index contributed by atoms with van der Waals surface area (Å²) in [5.74, 6) is -0.982. The van der Waals surface area contributed by atoms with Crippen LogP contribution in [0.3, 0.4) is 0 Å². The molecule has 2 heterocycles. The SMILES string of the molecule is Cc1cc(-c2cc(F)c3c(c2CC(=O)NS(=O)(=O)c2cc(C(C)N(C)C)n(C(C)C)n2)CCC3)ccn1. The number of carbonyl (C=O) groups excluding carboxylic acids is 1. The van der Waals surface area contributed by atoms with E-state index < -0.39 is 15.9 Å². The lowest BCUT2D eigenvalue weighted by molar-refractivity contribution is -0.118. The van der Waals surface area contributed by atoms with Crippen LogP contribution in [0.4, 0.5) is 4.39 Å². The Kier molecular flexibility index (Phi) is 7.52. The molecule has 1 aliphatic carbocycles. The molecule has 1 amide bonds. The zero-order valence-corrected chi connectivity index (χ0v) is 23.0. The predicted octanol–water partition coefficient (Wildman–Crippen LogP) is 4.13. The summed E-state index contributed by atoms with van der Waals surface area (Å²) in [4.78, 5) is 19.3. The molecule has 0 saturated carbocycles. The van der Waals surface area contributed by atoms with Gasteiger partial charge in [0.1, 0.15) is 5.82 Å². The standard InChI is InChI=1S/C27H34FN5O3S/c1-16(2)33-25(18(4)32(5)6)15-27(30-33)37(35,36)31-26(34)14-23-20-8-7-9-21(20)24(28)13-22(23)19-10-11-29-17(3)12-19/h10-13,15-16,18H,7-9,14H2,1-6H3,(H,31,34). The molecular formula is C27H34FN5O3S. The van der Waals surface area contributed by atoms with Crippen LogP contribution in [0.1, 0.15) is 67.4 Å². The first-order valence-electron chi connectivity index (χ1n) is 12.5. The molecule has 1 atom stereocenters. The first-order valence-corrected chi connectivity index (χ1v) is 13.9. The number of hydrogen-bond acceptors (Lipinski definition) is 6. The number of benzene rings is 1. The average molecular weight is 528 g/mol. The number of nitrogens with one attached hydrogen (secondary N) is 1. The van der Waals surface area contributed by atoms with Gasteiger partial charge >= 0.3 is 0 Å². The number of halogens is 1. The van der Waals surface area contributed by atoms with Gasteiger partial charge in [0.2, 0.25) is 5.91 Å². The van der Waals surface area contributed by atoms with Crippen LogP contribution in [0.2, 0.25) is 0 Å². The smallest absolute Gasteiger partial charge is 0.283 e. The molecule has 3 aromatic rings. The minimum atomic E-state index is -4.21. The summed E-state index contributed by atoms with van der Waals surface area (Å²) in [5, 5.41) is 4.12. The van der Waals surface area contributed by atoms with Crippen LogP contribution in [0.15, 0.2) is 35.5 Å². The van der Waals surface area contributed by atoms with Crippen molar-refractivity contribution in [3.8, 4) is 11.1 Å². The Bertz CT molecular complexity index is 1450. The quantitative estimate of drug-likeness (QED) is 0.473. The molecule has 1 aliphatic rings. The molecule has 4 rings (SSSR count). The monoisotopic (exact) mass is 527 g/mol. The van der Waals surface area contributed by atoms with E-state index in [1.165, 1.54) is 12.1 Å². The molecule has 2 aromatic heterocycles. The second-order valence-corrected chi connectivity index (χ2v) is 11.8. The van der Waals surface area contributed by atoms with E-state index >= 15 is 0 Å².